The fourth-order valence-corrected chi connectivity index (χ4v) is 1.33. The fourth-order valence-electron chi connectivity index (χ4n) is 0.578. The van der Waals surface area contributed by atoms with Crippen LogP contribution >= 0.6 is 11.8 Å². The molecule has 0 heterocycles. The molecule has 2 nitrogen and oxygen atoms in total. The lowest BCUT2D eigenvalue weighted by Crippen LogP contribution is -2.15. The van der Waals surface area contributed by atoms with Gasteiger partial charge in [0.05, 0.1) is 13.0 Å². The van der Waals surface area contributed by atoms with Crippen molar-refractivity contribution in [1.82, 2.24) is 0 Å². The standard InChI is InChI=1S/C8H15O2S/c1-6(2)11-5-7(3)8(9)10-4/h6-7H,1,5H2,2-4H3. The SMILES string of the molecule is [CH2]C(C)SCC(C)C(=O)OC. The minimum Gasteiger partial charge on any atom is -0.469 e. The van der Waals surface area contributed by atoms with Gasteiger partial charge >= 0.3 is 5.97 Å². The summed E-state index contributed by atoms with van der Waals surface area (Å²) in [7, 11) is 1.41. The second-order valence-electron chi connectivity index (χ2n) is 2.57. The summed E-state index contributed by atoms with van der Waals surface area (Å²) in [4.78, 5) is 10.9. The zero-order chi connectivity index (χ0) is 8.85. The van der Waals surface area contributed by atoms with E-state index < -0.39 is 0 Å². The Kier molecular flexibility index (Phi) is 5.38. The predicted molar refractivity (Wildman–Crippen MR) is 48.5 cm³/mol. The van der Waals surface area contributed by atoms with Gasteiger partial charge in [0.25, 0.3) is 0 Å². The van der Waals surface area contributed by atoms with Crippen LogP contribution in [-0.4, -0.2) is 24.1 Å². The van der Waals surface area contributed by atoms with Crippen molar-refractivity contribution in [1.29, 1.82) is 0 Å². The van der Waals surface area contributed by atoms with Crippen LogP contribution in [0.3, 0.4) is 0 Å². The van der Waals surface area contributed by atoms with Crippen LogP contribution in [0, 0.1) is 12.8 Å². The molecule has 0 saturated carbocycles. The van der Waals surface area contributed by atoms with E-state index in [1.807, 2.05) is 13.8 Å². The Balaban J connectivity index is 3.52. The molecule has 0 aromatic heterocycles. The number of esters is 1. The molecule has 0 fully saturated rings. The Morgan fingerprint density at radius 2 is 2.18 bits per heavy atom. The van der Waals surface area contributed by atoms with Crippen molar-refractivity contribution in [3.05, 3.63) is 6.92 Å². The molecule has 2 atom stereocenters. The Hall–Kier alpha value is -0.180. The third kappa shape index (κ3) is 5.13. The van der Waals surface area contributed by atoms with Crippen molar-refractivity contribution in [3.8, 4) is 0 Å². The highest BCUT2D eigenvalue weighted by Gasteiger charge is 2.12. The van der Waals surface area contributed by atoms with Gasteiger partial charge in [-0.1, -0.05) is 13.8 Å². The largest absolute Gasteiger partial charge is 0.469 e. The van der Waals surface area contributed by atoms with Crippen LogP contribution in [0.2, 0.25) is 0 Å². The summed E-state index contributed by atoms with van der Waals surface area (Å²) >= 11 is 1.67. The summed E-state index contributed by atoms with van der Waals surface area (Å²) in [5.74, 6) is 0.629. The highest BCUT2D eigenvalue weighted by Crippen LogP contribution is 2.14. The zero-order valence-electron chi connectivity index (χ0n) is 7.29. The number of hydrogen-bond donors (Lipinski definition) is 0. The van der Waals surface area contributed by atoms with Crippen molar-refractivity contribution >= 4 is 17.7 Å². The van der Waals surface area contributed by atoms with E-state index in [1.165, 1.54) is 7.11 Å². The third-order valence-corrected chi connectivity index (χ3v) is 2.50. The minimum atomic E-state index is -0.141. The Morgan fingerprint density at radius 3 is 2.55 bits per heavy atom. The molecule has 3 heteroatoms. The fraction of sp³-hybridized carbons (Fsp3) is 0.750. The molecule has 0 aromatic rings. The maximum atomic E-state index is 10.9. The van der Waals surface area contributed by atoms with Gasteiger partial charge in [0.1, 0.15) is 0 Å². The second-order valence-corrected chi connectivity index (χ2v) is 4.04. The first-order valence-electron chi connectivity index (χ1n) is 3.60. The number of rotatable bonds is 4. The number of thioether (sulfide) groups is 1. The summed E-state index contributed by atoms with van der Waals surface area (Å²) in [6.45, 7) is 7.68. The topological polar surface area (TPSA) is 26.3 Å². The number of hydrogen-bond acceptors (Lipinski definition) is 3. The Labute approximate surface area is 72.7 Å². The highest BCUT2D eigenvalue weighted by atomic mass is 32.2. The summed E-state index contributed by atoms with van der Waals surface area (Å²) in [6, 6.07) is 0. The van der Waals surface area contributed by atoms with E-state index in [0.717, 1.165) is 5.75 Å². The van der Waals surface area contributed by atoms with Gasteiger partial charge in [-0.3, -0.25) is 4.79 Å². The lowest BCUT2D eigenvalue weighted by Gasteiger charge is -2.09. The molecule has 0 aromatic carbocycles. The van der Waals surface area contributed by atoms with Crippen LogP contribution in [0.5, 0.6) is 0 Å². The normalized spacial score (nSPS) is 13.2. The molecule has 65 valence electrons. The van der Waals surface area contributed by atoms with Crippen molar-refractivity contribution in [2.24, 2.45) is 5.92 Å². The number of ether oxygens (including phenoxy) is 1. The average molecular weight is 175 g/mol. The van der Waals surface area contributed by atoms with Crippen LogP contribution in [0.1, 0.15) is 13.8 Å². The minimum absolute atomic E-state index is 0.0193. The first-order valence-corrected chi connectivity index (χ1v) is 4.65. The van der Waals surface area contributed by atoms with E-state index in [1.54, 1.807) is 11.8 Å². The molecule has 0 aliphatic rings. The van der Waals surface area contributed by atoms with Crippen molar-refractivity contribution in [2.75, 3.05) is 12.9 Å². The highest BCUT2D eigenvalue weighted by molar-refractivity contribution is 8.00. The van der Waals surface area contributed by atoms with Gasteiger partial charge in [-0.15, -0.1) is 0 Å². The lowest BCUT2D eigenvalue weighted by molar-refractivity contribution is -0.143. The van der Waals surface area contributed by atoms with E-state index >= 15 is 0 Å². The molecular formula is C8H15O2S. The maximum Gasteiger partial charge on any atom is 0.309 e. The van der Waals surface area contributed by atoms with Crippen LogP contribution in [0.15, 0.2) is 0 Å². The number of methoxy groups -OCH3 is 1. The first-order chi connectivity index (χ1) is 5.07. The van der Waals surface area contributed by atoms with Crippen molar-refractivity contribution in [3.63, 3.8) is 0 Å². The number of carbonyl (C=O) groups is 1. The van der Waals surface area contributed by atoms with Crippen LogP contribution in [0.4, 0.5) is 0 Å². The molecule has 0 amide bonds. The van der Waals surface area contributed by atoms with Crippen molar-refractivity contribution < 1.29 is 9.53 Å². The van der Waals surface area contributed by atoms with Crippen LogP contribution in [0.25, 0.3) is 0 Å². The molecule has 0 spiro atoms. The molecule has 0 N–H and O–H groups in total. The van der Waals surface area contributed by atoms with Gasteiger partial charge in [0, 0.05) is 11.0 Å². The average Bonchev–Trinajstić information content (AvgIpc) is 1.98. The second kappa shape index (κ2) is 5.47. The quantitative estimate of drug-likeness (QED) is 0.609. The number of carbonyl (C=O) groups excluding carboxylic acids is 1. The summed E-state index contributed by atoms with van der Waals surface area (Å²) < 4.78 is 4.57. The molecule has 11 heavy (non-hydrogen) atoms. The monoisotopic (exact) mass is 175 g/mol. The van der Waals surface area contributed by atoms with Gasteiger partial charge < -0.3 is 4.74 Å². The van der Waals surface area contributed by atoms with Gasteiger partial charge in [0.2, 0.25) is 0 Å². The predicted octanol–water partition coefficient (Wildman–Crippen LogP) is 1.75. The van der Waals surface area contributed by atoms with Crippen LogP contribution in [-0.2, 0) is 9.53 Å². The van der Waals surface area contributed by atoms with Crippen molar-refractivity contribution in [2.45, 2.75) is 19.1 Å². The van der Waals surface area contributed by atoms with Gasteiger partial charge in [0.15, 0.2) is 0 Å². The maximum absolute atomic E-state index is 10.9. The Bertz CT molecular complexity index is 123. The van der Waals surface area contributed by atoms with Gasteiger partial charge in [-0.25, -0.2) is 0 Å². The van der Waals surface area contributed by atoms with E-state index in [9.17, 15) is 4.79 Å². The summed E-state index contributed by atoms with van der Waals surface area (Å²) in [5, 5.41) is 0.335. The summed E-state index contributed by atoms with van der Waals surface area (Å²) in [6.07, 6.45) is 0. The molecule has 0 aliphatic heterocycles. The molecule has 2 unspecified atom stereocenters. The third-order valence-electron chi connectivity index (χ3n) is 1.23. The van der Waals surface area contributed by atoms with E-state index in [-0.39, 0.29) is 11.9 Å². The molecule has 0 saturated heterocycles. The lowest BCUT2D eigenvalue weighted by atomic mass is 10.2. The zero-order valence-corrected chi connectivity index (χ0v) is 8.11. The molecule has 0 aliphatic carbocycles. The smallest absolute Gasteiger partial charge is 0.309 e. The first kappa shape index (κ1) is 10.8. The molecule has 0 bridgehead atoms. The van der Waals surface area contributed by atoms with E-state index in [4.69, 9.17) is 0 Å². The Morgan fingerprint density at radius 1 is 1.64 bits per heavy atom. The molecule has 0 rings (SSSR count). The summed E-state index contributed by atoms with van der Waals surface area (Å²) in [5.41, 5.74) is 0. The van der Waals surface area contributed by atoms with E-state index in [0.29, 0.717) is 5.25 Å². The van der Waals surface area contributed by atoms with Crippen LogP contribution < -0.4 is 0 Å². The van der Waals surface area contributed by atoms with E-state index in [2.05, 4.69) is 11.7 Å². The molecule has 1 radical (unpaired) electrons. The van der Waals surface area contributed by atoms with Gasteiger partial charge in [-0.2, -0.15) is 11.8 Å². The molecular weight excluding hydrogens is 160 g/mol. The van der Waals surface area contributed by atoms with Gasteiger partial charge in [-0.05, 0) is 6.92 Å².